The van der Waals surface area contributed by atoms with Crippen LogP contribution in [0.1, 0.15) is 25.6 Å². The Hall–Kier alpha value is -0.940. The Bertz CT molecular complexity index is 330. The van der Waals surface area contributed by atoms with E-state index in [-0.39, 0.29) is 11.6 Å². The second-order valence-electron chi connectivity index (χ2n) is 4.38. The average Bonchev–Trinajstić information content (AvgIpc) is 2.78. The van der Waals surface area contributed by atoms with Crippen molar-refractivity contribution in [1.29, 1.82) is 0 Å². The predicted molar refractivity (Wildman–Crippen MR) is 56.3 cm³/mol. The molecule has 0 saturated carbocycles. The van der Waals surface area contributed by atoms with E-state index < -0.39 is 0 Å². The molecule has 15 heavy (non-hydrogen) atoms. The molecule has 2 unspecified atom stereocenters. The molecule has 0 amide bonds. The Morgan fingerprint density at radius 2 is 2.53 bits per heavy atom. The Morgan fingerprint density at radius 3 is 3.07 bits per heavy atom. The molecular formula is C10H18N4O. The summed E-state index contributed by atoms with van der Waals surface area (Å²) in [4.78, 5) is 4.17. The lowest BCUT2D eigenvalue weighted by molar-refractivity contribution is -0.00153. The lowest BCUT2D eigenvalue weighted by atomic mass is 9.91. The topological polar surface area (TPSA) is 66.0 Å². The van der Waals surface area contributed by atoms with Crippen molar-refractivity contribution >= 4 is 0 Å². The number of aromatic nitrogens is 3. The van der Waals surface area contributed by atoms with Crippen LogP contribution in [0, 0.1) is 0 Å². The van der Waals surface area contributed by atoms with Gasteiger partial charge in [-0.25, -0.2) is 4.98 Å². The van der Waals surface area contributed by atoms with Gasteiger partial charge in [-0.15, -0.1) is 0 Å². The highest BCUT2D eigenvalue weighted by Gasteiger charge is 2.36. The Kier molecular flexibility index (Phi) is 2.75. The fourth-order valence-corrected chi connectivity index (χ4v) is 2.01. The van der Waals surface area contributed by atoms with Crippen molar-refractivity contribution in [2.45, 2.75) is 37.8 Å². The van der Waals surface area contributed by atoms with Crippen LogP contribution in [0.25, 0.3) is 0 Å². The van der Waals surface area contributed by atoms with Gasteiger partial charge in [-0.3, -0.25) is 4.68 Å². The summed E-state index contributed by atoms with van der Waals surface area (Å²) in [7, 11) is 1.88. The first kappa shape index (κ1) is 10.6. The van der Waals surface area contributed by atoms with Gasteiger partial charge < -0.3 is 10.5 Å². The van der Waals surface area contributed by atoms with Crippen LogP contribution in [0.3, 0.4) is 0 Å². The maximum Gasteiger partial charge on any atom is 0.138 e. The third kappa shape index (κ3) is 2.03. The smallest absolute Gasteiger partial charge is 0.138 e. The van der Waals surface area contributed by atoms with Crippen molar-refractivity contribution < 1.29 is 4.74 Å². The van der Waals surface area contributed by atoms with E-state index in [4.69, 9.17) is 10.5 Å². The molecule has 1 aromatic heterocycles. The zero-order chi connectivity index (χ0) is 10.9. The molecule has 0 aliphatic carbocycles. The van der Waals surface area contributed by atoms with Crippen LogP contribution in [-0.2, 0) is 18.2 Å². The van der Waals surface area contributed by atoms with Crippen molar-refractivity contribution in [3.05, 3.63) is 12.2 Å². The standard InChI is InChI=1S/C10H18N4O/c1-10(4-3-5-15-10)8(11)6-9-12-7-13-14(9)2/h7-8H,3-6,11H2,1-2H3. The molecule has 0 spiro atoms. The first-order valence-electron chi connectivity index (χ1n) is 5.34. The summed E-state index contributed by atoms with van der Waals surface area (Å²) in [6.07, 6.45) is 4.40. The van der Waals surface area contributed by atoms with E-state index in [0.717, 1.165) is 25.3 Å². The van der Waals surface area contributed by atoms with Crippen LogP contribution in [0.4, 0.5) is 0 Å². The van der Waals surface area contributed by atoms with Gasteiger partial charge in [0.25, 0.3) is 0 Å². The zero-order valence-electron chi connectivity index (χ0n) is 9.31. The second kappa shape index (κ2) is 3.90. The molecule has 2 heterocycles. The molecule has 2 rings (SSSR count). The molecule has 5 heteroatoms. The number of nitrogens with two attached hydrogens (primary N) is 1. The van der Waals surface area contributed by atoms with E-state index in [0.29, 0.717) is 6.42 Å². The van der Waals surface area contributed by atoms with Crippen molar-refractivity contribution in [3.63, 3.8) is 0 Å². The number of aryl methyl sites for hydroxylation is 1. The summed E-state index contributed by atoms with van der Waals surface area (Å²) in [6, 6.07) is -0.0112. The molecule has 1 aliphatic heterocycles. The van der Waals surface area contributed by atoms with E-state index in [2.05, 4.69) is 17.0 Å². The summed E-state index contributed by atoms with van der Waals surface area (Å²) in [5.74, 6) is 0.916. The zero-order valence-corrected chi connectivity index (χ0v) is 9.31. The molecule has 5 nitrogen and oxygen atoms in total. The number of ether oxygens (including phenoxy) is 1. The average molecular weight is 210 g/mol. The van der Waals surface area contributed by atoms with Crippen LogP contribution in [0.5, 0.6) is 0 Å². The third-order valence-corrected chi connectivity index (χ3v) is 3.24. The minimum absolute atomic E-state index is 0.0112. The molecule has 0 radical (unpaired) electrons. The summed E-state index contributed by atoms with van der Waals surface area (Å²) in [5, 5.41) is 4.03. The maximum absolute atomic E-state index is 6.17. The number of hydrogen-bond acceptors (Lipinski definition) is 4. The minimum Gasteiger partial charge on any atom is -0.374 e. The Balaban J connectivity index is 2.03. The van der Waals surface area contributed by atoms with Gasteiger partial charge in [0.2, 0.25) is 0 Å². The molecule has 2 N–H and O–H groups in total. The molecule has 1 aliphatic rings. The van der Waals surface area contributed by atoms with Crippen LogP contribution < -0.4 is 5.73 Å². The molecule has 1 fully saturated rings. The van der Waals surface area contributed by atoms with Gasteiger partial charge >= 0.3 is 0 Å². The fraction of sp³-hybridized carbons (Fsp3) is 0.800. The first-order chi connectivity index (χ1) is 7.12. The minimum atomic E-state index is -0.189. The highest BCUT2D eigenvalue weighted by Crippen LogP contribution is 2.28. The fourth-order valence-electron chi connectivity index (χ4n) is 2.01. The lowest BCUT2D eigenvalue weighted by Crippen LogP contribution is -2.46. The predicted octanol–water partition coefficient (Wildman–Crippen LogP) is 0.254. The SMILES string of the molecule is Cn1ncnc1CC(N)C1(C)CCCO1. The van der Waals surface area contributed by atoms with Crippen molar-refractivity contribution in [2.24, 2.45) is 12.8 Å². The molecule has 1 aromatic rings. The highest BCUT2D eigenvalue weighted by atomic mass is 16.5. The molecule has 0 bridgehead atoms. The molecule has 1 saturated heterocycles. The quantitative estimate of drug-likeness (QED) is 0.777. The summed E-state index contributed by atoms with van der Waals surface area (Å²) < 4.78 is 7.47. The van der Waals surface area contributed by atoms with E-state index in [1.54, 1.807) is 11.0 Å². The summed E-state index contributed by atoms with van der Waals surface area (Å²) >= 11 is 0. The second-order valence-corrected chi connectivity index (χ2v) is 4.38. The Morgan fingerprint density at radius 1 is 1.73 bits per heavy atom. The maximum atomic E-state index is 6.17. The van der Waals surface area contributed by atoms with Gasteiger partial charge in [0.05, 0.1) is 5.60 Å². The van der Waals surface area contributed by atoms with Gasteiger partial charge in [-0.1, -0.05) is 0 Å². The third-order valence-electron chi connectivity index (χ3n) is 3.24. The largest absolute Gasteiger partial charge is 0.374 e. The normalized spacial score (nSPS) is 28.2. The van der Waals surface area contributed by atoms with Gasteiger partial charge in [-0.05, 0) is 19.8 Å². The van der Waals surface area contributed by atoms with E-state index in [1.165, 1.54) is 0 Å². The van der Waals surface area contributed by atoms with E-state index >= 15 is 0 Å². The molecule has 84 valence electrons. The summed E-state index contributed by atoms with van der Waals surface area (Å²) in [5.41, 5.74) is 5.98. The van der Waals surface area contributed by atoms with Gasteiger partial charge in [-0.2, -0.15) is 5.10 Å². The lowest BCUT2D eigenvalue weighted by Gasteiger charge is -2.29. The van der Waals surface area contributed by atoms with Gasteiger partial charge in [0, 0.05) is 26.1 Å². The monoisotopic (exact) mass is 210 g/mol. The molecular weight excluding hydrogens is 192 g/mol. The van der Waals surface area contributed by atoms with Crippen LogP contribution in [0.15, 0.2) is 6.33 Å². The van der Waals surface area contributed by atoms with Gasteiger partial charge in [0.1, 0.15) is 12.2 Å². The van der Waals surface area contributed by atoms with E-state index in [9.17, 15) is 0 Å². The first-order valence-corrected chi connectivity index (χ1v) is 5.34. The van der Waals surface area contributed by atoms with Crippen molar-refractivity contribution in [2.75, 3.05) is 6.61 Å². The highest BCUT2D eigenvalue weighted by molar-refractivity contribution is 4.98. The molecule has 0 aromatic carbocycles. The Labute approximate surface area is 89.6 Å². The van der Waals surface area contributed by atoms with E-state index in [1.807, 2.05) is 7.05 Å². The number of rotatable bonds is 3. The number of hydrogen-bond donors (Lipinski definition) is 1. The van der Waals surface area contributed by atoms with Crippen molar-refractivity contribution in [3.8, 4) is 0 Å². The van der Waals surface area contributed by atoms with Crippen LogP contribution in [-0.4, -0.2) is 33.0 Å². The van der Waals surface area contributed by atoms with Crippen molar-refractivity contribution in [1.82, 2.24) is 14.8 Å². The number of nitrogens with zero attached hydrogens (tertiary/aromatic N) is 3. The van der Waals surface area contributed by atoms with Crippen LogP contribution in [0.2, 0.25) is 0 Å². The molecule has 2 atom stereocenters. The summed E-state index contributed by atoms with van der Waals surface area (Å²) in [6.45, 7) is 2.91. The van der Waals surface area contributed by atoms with Gasteiger partial charge in [0.15, 0.2) is 0 Å². The van der Waals surface area contributed by atoms with Crippen LogP contribution >= 0.6 is 0 Å².